The van der Waals surface area contributed by atoms with E-state index >= 15 is 0 Å². The first-order valence-corrected chi connectivity index (χ1v) is 9.48. The van der Waals surface area contributed by atoms with Gasteiger partial charge in [-0.1, -0.05) is 12.1 Å². The van der Waals surface area contributed by atoms with Crippen LogP contribution in [-0.2, 0) is 12.8 Å². The van der Waals surface area contributed by atoms with Crippen molar-refractivity contribution in [3.8, 4) is 17.2 Å². The third-order valence-electron chi connectivity index (χ3n) is 5.12. The van der Waals surface area contributed by atoms with Gasteiger partial charge in [0.25, 0.3) is 5.91 Å². The first-order valence-electron chi connectivity index (χ1n) is 9.48. The summed E-state index contributed by atoms with van der Waals surface area (Å²) in [6.07, 6.45) is 3.09. The zero-order valence-electron chi connectivity index (χ0n) is 17.0. The highest BCUT2D eigenvalue weighted by atomic mass is 16.5. The Balaban J connectivity index is 1.65. The SMILES string of the molecule is COc1cc(C(=O)NCCc2ccc3c(c2)CCCN3C)cc(OC)c1OC. The maximum absolute atomic E-state index is 12.6. The minimum atomic E-state index is -0.169. The van der Waals surface area contributed by atoms with Gasteiger partial charge in [-0.05, 0) is 48.6 Å². The molecule has 0 bridgehead atoms. The van der Waals surface area contributed by atoms with E-state index in [1.54, 1.807) is 12.1 Å². The summed E-state index contributed by atoms with van der Waals surface area (Å²) >= 11 is 0. The van der Waals surface area contributed by atoms with Crippen LogP contribution in [-0.4, -0.2) is 47.4 Å². The second-order valence-electron chi connectivity index (χ2n) is 6.91. The summed E-state index contributed by atoms with van der Waals surface area (Å²) in [5.74, 6) is 1.23. The van der Waals surface area contributed by atoms with Crippen molar-refractivity contribution in [3.63, 3.8) is 0 Å². The Morgan fingerprint density at radius 3 is 2.43 bits per heavy atom. The lowest BCUT2D eigenvalue weighted by molar-refractivity contribution is 0.0953. The molecule has 6 nitrogen and oxygen atoms in total. The Bertz CT molecular complexity index is 825. The minimum absolute atomic E-state index is 0.169. The molecule has 0 aliphatic carbocycles. The molecular formula is C22H28N2O4. The Hall–Kier alpha value is -2.89. The van der Waals surface area contributed by atoms with Gasteiger partial charge in [-0.15, -0.1) is 0 Å². The molecule has 1 aliphatic heterocycles. The molecule has 6 heteroatoms. The Morgan fingerprint density at radius 1 is 1.07 bits per heavy atom. The summed E-state index contributed by atoms with van der Waals surface area (Å²) in [6.45, 7) is 1.67. The average Bonchev–Trinajstić information content (AvgIpc) is 2.72. The van der Waals surface area contributed by atoms with Crippen LogP contribution < -0.4 is 24.4 Å². The molecule has 150 valence electrons. The Labute approximate surface area is 166 Å². The number of anilines is 1. The van der Waals surface area contributed by atoms with Crippen LogP contribution in [0, 0.1) is 0 Å². The standard InChI is InChI=1S/C22H28N2O4/c1-24-11-5-6-16-12-15(7-8-18(16)24)9-10-23-22(25)17-13-19(26-2)21(28-4)20(14-17)27-3/h7-8,12-14H,5-6,9-11H2,1-4H3,(H,23,25). The molecule has 28 heavy (non-hydrogen) atoms. The van der Waals surface area contributed by atoms with Crippen molar-refractivity contribution in [1.82, 2.24) is 5.32 Å². The average molecular weight is 384 g/mol. The topological polar surface area (TPSA) is 60.0 Å². The van der Waals surface area contributed by atoms with E-state index in [1.807, 2.05) is 0 Å². The highest BCUT2D eigenvalue weighted by molar-refractivity contribution is 5.95. The van der Waals surface area contributed by atoms with Gasteiger partial charge in [0, 0.05) is 31.4 Å². The number of ether oxygens (including phenoxy) is 3. The van der Waals surface area contributed by atoms with Crippen molar-refractivity contribution in [2.75, 3.05) is 46.4 Å². The predicted molar refractivity (Wildman–Crippen MR) is 110 cm³/mol. The van der Waals surface area contributed by atoms with Gasteiger partial charge in [-0.2, -0.15) is 0 Å². The lowest BCUT2D eigenvalue weighted by atomic mass is 9.98. The first kappa shape index (κ1) is 19.9. The molecule has 0 spiro atoms. The van der Waals surface area contributed by atoms with Crippen molar-refractivity contribution < 1.29 is 19.0 Å². The highest BCUT2D eigenvalue weighted by Crippen LogP contribution is 2.38. The number of carbonyl (C=O) groups is 1. The summed E-state index contributed by atoms with van der Waals surface area (Å²) in [5.41, 5.74) is 4.42. The molecular weight excluding hydrogens is 356 g/mol. The van der Waals surface area contributed by atoms with E-state index in [9.17, 15) is 4.79 Å². The summed E-state index contributed by atoms with van der Waals surface area (Å²) in [4.78, 5) is 14.9. The van der Waals surface area contributed by atoms with Gasteiger partial charge in [-0.25, -0.2) is 0 Å². The summed E-state index contributed by atoms with van der Waals surface area (Å²) < 4.78 is 15.9. The van der Waals surface area contributed by atoms with Crippen LogP contribution in [0.4, 0.5) is 5.69 Å². The van der Waals surface area contributed by atoms with Gasteiger partial charge < -0.3 is 24.4 Å². The molecule has 0 saturated heterocycles. The zero-order chi connectivity index (χ0) is 20.1. The number of nitrogens with zero attached hydrogens (tertiary/aromatic N) is 1. The van der Waals surface area contributed by atoms with Crippen molar-refractivity contribution in [3.05, 3.63) is 47.0 Å². The molecule has 1 aliphatic rings. The van der Waals surface area contributed by atoms with E-state index in [0.717, 1.165) is 19.4 Å². The van der Waals surface area contributed by atoms with Crippen molar-refractivity contribution in [2.24, 2.45) is 0 Å². The maximum Gasteiger partial charge on any atom is 0.251 e. The van der Waals surface area contributed by atoms with E-state index in [0.29, 0.717) is 29.4 Å². The fourth-order valence-electron chi connectivity index (χ4n) is 3.63. The van der Waals surface area contributed by atoms with E-state index in [-0.39, 0.29) is 5.91 Å². The van der Waals surface area contributed by atoms with Crippen molar-refractivity contribution in [2.45, 2.75) is 19.3 Å². The van der Waals surface area contributed by atoms with Crippen LogP contribution in [0.1, 0.15) is 27.9 Å². The van der Waals surface area contributed by atoms with Crippen LogP contribution >= 0.6 is 0 Å². The predicted octanol–water partition coefficient (Wildman–Crippen LogP) is 3.07. The van der Waals surface area contributed by atoms with E-state index < -0.39 is 0 Å². The number of hydrogen-bond donors (Lipinski definition) is 1. The fourth-order valence-corrected chi connectivity index (χ4v) is 3.63. The van der Waals surface area contributed by atoms with E-state index in [1.165, 1.54) is 44.6 Å². The lowest BCUT2D eigenvalue weighted by Gasteiger charge is -2.27. The minimum Gasteiger partial charge on any atom is -0.493 e. The van der Waals surface area contributed by atoms with E-state index in [4.69, 9.17) is 14.2 Å². The Morgan fingerprint density at radius 2 is 1.79 bits per heavy atom. The smallest absolute Gasteiger partial charge is 0.251 e. The molecule has 0 aromatic heterocycles. The number of carbonyl (C=O) groups excluding carboxylic acids is 1. The molecule has 2 aromatic rings. The third kappa shape index (κ3) is 4.16. The van der Waals surface area contributed by atoms with Gasteiger partial charge in [0.2, 0.25) is 5.75 Å². The number of aryl methyl sites for hydroxylation is 1. The fraction of sp³-hybridized carbons (Fsp3) is 0.409. The number of benzene rings is 2. The van der Waals surface area contributed by atoms with Gasteiger partial charge in [0.05, 0.1) is 21.3 Å². The molecule has 1 N–H and O–H groups in total. The maximum atomic E-state index is 12.6. The number of rotatable bonds is 7. The zero-order valence-corrected chi connectivity index (χ0v) is 17.0. The van der Waals surface area contributed by atoms with Gasteiger partial charge in [-0.3, -0.25) is 4.79 Å². The summed E-state index contributed by atoms with van der Waals surface area (Å²) in [7, 11) is 6.74. The molecule has 0 radical (unpaired) electrons. The quantitative estimate of drug-likeness (QED) is 0.795. The summed E-state index contributed by atoms with van der Waals surface area (Å²) in [6, 6.07) is 9.91. The molecule has 0 unspecified atom stereocenters. The molecule has 0 atom stereocenters. The number of fused-ring (bicyclic) bond motifs is 1. The second kappa shape index (κ2) is 8.87. The molecule has 1 amide bonds. The monoisotopic (exact) mass is 384 g/mol. The van der Waals surface area contributed by atoms with Crippen molar-refractivity contribution >= 4 is 11.6 Å². The number of nitrogens with one attached hydrogen (secondary N) is 1. The molecule has 3 rings (SSSR count). The van der Waals surface area contributed by atoms with Crippen molar-refractivity contribution in [1.29, 1.82) is 0 Å². The van der Waals surface area contributed by atoms with Gasteiger partial charge in [0.1, 0.15) is 0 Å². The normalized spacial score (nSPS) is 12.9. The lowest BCUT2D eigenvalue weighted by Crippen LogP contribution is -2.26. The second-order valence-corrected chi connectivity index (χ2v) is 6.91. The Kier molecular flexibility index (Phi) is 6.29. The van der Waals surface area contributed by atoms with Crippen LogP contribution in [0.3, 0.4) is 0 Å². The molecule has 1 heterocycles. The number of methoxy groups -OCH3 is 3. The number of hydrogen-bond acceptors (Lipinski definition) is 5. The van der Waals surface area contributed by atoms with Gasteiger partial charge in [0.15, 0.2) is 11.5 Å². The van der Waals surface area contributed by atoms with Gasteiger partial charge >= 0.3 is 0 Å². The number of amides is 1. The summed E-state index contributed by atoms with van der Waals surface area (Å²) in [5, 5.41) is 2.98. The third-order valence-corrected chi connectivity index (χ3v) is 5.12. The van der Waals surface area contributed by atoms with E-state index in [2.05, 4.69) is 35.5 Å². The molecule has 2 aromatic carbocycles. The molecule has 0 saturated carbocycles. The largest absolute Gasteiger partial charge is 0.493 e. The van der Waals surface area contributed by atoms with Crippen LogP contribution in [0.25, 0.3) is 0 Å². The van der Waals surface area contributed by atoms with Crippen LogP contribution in [0.15, 0.2) is 30.3 Å². The first-order chi connectivity index (χ1) is 13.6. The van der Waals surface area contributed by atoms with Crippen LogP contribution in [0.5, 0.6) is 17.2 Å². The molecule has 0 fully saturated rings. The highest BCUT2D eigenvalue weighted by Gasteiger charge is 2.17. The van der Waals surface area contributed by atoms with Crippen LogP contribution in [0.2, 0.25) is 0 Å².